The minimum atomic E-state index is -0.155. The van der Waals surface area contributed by atoms with Crippen LogP contribution >= 0.6 is 24.0 Å². The molecule has 32 heavy (non-hydrogen) atoms. The summed E-state index contributed by atoms with van der Waals surface area (Å²) in [4.78, 5) is 9.17. The van der Waals surface area contributed by atoms with Crippen LogP contribution in [-0.4, -0.2) is 67.0 Å². The van der Waals surface area contributed by atoms with Crippen LogP contribution in [0.15, 0.2) is 35.6 Å². The SMILES string of the molecule is CCNC(=NCC(c1cnn(C)c1)N(C)C)NC1CCCN(c2cc(C)ccc2F)C1.I. The fraction of sp³-hybridized carbons (Fsp3) is 0.565. The highest BCUT2D eigenvalue weighted by Crippen LogP contribution is 2.24. The van der Waals surface area contributed by atoms with Gasteiger partial charge >= 0.3 is 0 Å². The number of likely N-dealkylation sites (N-methyl/N-ethyl adjacent to an activating group) is 1. The molecule has 7 nitrogen and oxygen atoms in total. The Morgan fingerprint density at radius 1 is 1.38 bits per heavy atom. The lowest BCUT2D eigenvalue weighted by molar-refractivity contribution is 0.306. The van der Waals surface area contributed by atoms with Crippen LogP contribution in [0.2, 0.25) is 0 Å². The molecule has 0 saturated carbocycles. The van der Waals surface area contributed by atoms with Gasteiger partial charge in [0.05, 0.1) is 24.5 Å². The van der Waals surface area contributed by atoms with E-state index in [4.69, 9.17) is 4.99 Å². The number of halogens is 2. The number of hydrogen-bond donors (Lipinski definition) is 2. The average Bonchev–Trinajstić information content (AvgIpc) is 3.16. The highest BCUT2D eigenvalue weighted by molar-refractivity contribution is 14.0. The number of piperidine rings is 1. The summed E-state index contributed by atoms with van der Waals surface area (Å²) in [5.41, 5.74) is 2.91. The van der Waals surface area contributed by atoms with E-state index >= 15 is 0 Å². The third-order valence-electron chi connectivity index (χ3n) is 5.70. The molecule has 2 N–H and O–H groups in total. The Morgan fingerprint density at radius 3 is 2.81 bits per heavy atom. The Hall–Kier alpha value is -1.88. The Morgan fingerprint density at radius 2 is 2.16 bits per heavy atom. The van der Waals surface area contributed by atoms with Gasteiger partial charge in [0.1, 0.15) is 5.82 Å². The van der Waals surface area contributed by atoms with Crippen molar-refractivity contribution in [2.75, 3.05) is 45.2 Å². The van der Waals surface area contributed by atoms with E-state index in [9.17, 15) is 4.39 Å². The second-order valence-electron chi connectivity index (χ2n) is 8.53. The number of nitrogens with one attached hydrogen (secondary N) is 2. The number of nitrogens with zero attached hydrogens (tertiary/aromatic N) is 5. The molecule has 2 aromatic rings. The zero-order valence-electron chi connectivity index (χ0n) is 19.8. The Balaban J connectivity index is 0.00000363. The summed E-state index contributed by atoms with van der Waals surface area (Å²) >= 11 is 0. The van der Waals surface area contributed by atoms with Crippen LogP contribution in [0, 0.1) is 12.7 Å². The molecule has 2 unspecified atom stereocenters. The zero-order chi connectivity index (χ0) is 22.4. The van der Waals surface area contributed by atoms with Gasteiger partial charge in [0.2, 0.25) is 0 Å². The molecule has 0 bridgehead atoms. The molecule has 9 heteroatoms. The predicted octanol–water partition coefficient (Wildman–Crippen LogP) is 3.31. The van der Waals surface area contributed by atoms with Crippen LogP contribution in [0.3, 0.4) is 0 Å². The first-order chi connectivity index (χ1) is 14.9. The first-order valence-corrected chi connectivity index (χ1v) is 11.1. The van der Waals surface area contributed by atoms with Gasteiger partial charge in [0.25, 0.3) is 0 Å². The van der Waals surface area contributed by atoms with E-state index in [-0.39, 0.29) is 41.9 Å². The first-order valence-electron chi connectivity index (χ1n) is 11.1. The molecule has 0 aliphatic carbocycles. The summed E-state index contributed by atoms with van der Waals surface area (Å²) in [7, 11) is 6.04. The van der Waals surface area contributed by atoms with Gasteiger partial charge in [0.15, 0.2) is 5.96 Å². The van der Waals surface area contributed by atoms with Crippen LogP contribution in [0.25, 0.3) is 0 Å². The molecule has 1 aromatic carbocycles. The van der Waals surface area contributed by atoms with E-state index in [1.807, 2.05) is 43.2 Å². The van der Waals surface area contributed by atoms with Gasteiger partial charge in [-0.1, -0.05) is 6.07 Å². The van der Waals surface area contributed by atoms with Gasteiger partial charge in [-0.05, 0) is 58.5 Å². The quantitative estimate of drug-likeness (QED) is 0.311. The minimum absolute atomic E-state index is 0. The molecular formula is C23H37FIN7. The van der Waals surface area contributed by atoms with E-state index < -0.39 is 0 Å². The largest absolute Gasteiger partial charge is 0.367 e. The van der Waals surface area contributed by atoms with E-state index in [1.165, 1.54) is 0 Å². The van der Waals surface area contributed by atoms with Gasteiger partial charge in [-0.15, -0.1) is 24.0 Å². The van der Waals surface area contributed by atoms with Crippen molar-refractivity contribution in [2.45, 2.75) is 38.8 Å². The van der Waals surface area contributed by atoms with Crippen molar-refractivity contribution in [3.8, 4) is 0 Å². The summed E-state index contributed by atoms with van der Waals surface area (Å²) in [5, 5.41) is 11.2. The number of benzene rings is 1. The molecule has 0 amide bonds. The second-order valence-corrected chi connectivity index (χ2v) is 8.53. The fourth-order valence-corrected chi connectivity index (χ4v) is 4.05. The maximum atomic E-state index is 14.4. The molecule has 1 aliphatic rings. The molecule has 2 heterocycles. The van der Waals surface area contributed by atoms with Gasteiger partial charge in [-0.2, -0.15) is 5.10 Å². The first kappa shape index (κ1) is 26.4. The van der Waals surface area contributed by atoms with Crippen LogP contribution in [-0.2, 0) is 7.05 Å². The van der Waals surface area contributed by atoms with Gasteiger partial charge in [-0.25, -0.2) is 4.39 Å². The third kappa shape index (κ3) is 7.06. The number of aromatic nitrogens is 2. The summed E-state index contributed by atoms with van der Waals surface area (Å²) in [6, 6.07) is 5.67. The fourth-order valence-electron chi connectivity index (χ4n) is 4.05. The maximum Gasteiger partial charge on any atom is 0.191 e. The van der Waals surface area contributed by atoms with E-state index in [0.29, 0.717) is 12.2 Å². The summed E-state index contributed by atoms with van der Waals surface area (Å²) in [5.74, 6) is 0.645. The number of guanidine groups is 1. The summed E-state index contributed by atoms with van der Waals surface area (Å²) < 4.78 is 16.2. The van der Waals surface area contributed by atoms with Crippen molar-refractivity contribution in [2.24, 2.45) is 12.0 Å². The van der Waals surface area contributed by atoms with Crippen molar-refractivity contribution in [1.29, 1.82) is 0 Å². The lowest BCUT2D eigenvalue weighted by atomic mass is 10.0. The van der Waals surface area contributed by atoms with E-state index in [0.717, 1.165) is 49.6 Å². The van der Waals surface area contributed by atoms with Crippen molar-refractivity contribution in [3.63, 3.8) is 0 Å². The Labute approximate surface area is 208 Å². The highest BCUT2D eigenvalue weighted by atomic mass is 127. The predicted molar refractivity (Wildman–Crippen MR) is 141 cm³/mol. The summed E-state index contributed by atoms with van der Waals surface area (Å²) in [6.45, 7) is 7.10. The lowest BCUT2D eigenvalue weighted by Gasteiger charge is -2.35. The van der Waals surface area contributed by atoms with Crippen molar-refractivity contribution in [3.05, 3.63) is 47.5 Å². The van der Waals surface area contributed by atoms with Crippen LogP contribution in [0.5, 0.6) is 0 Å². The monoisotopic (exact) mass is 557 g/mol. The topological polar surface area (TPSA) is 60.7 Å². The molecule has 1 aromatic heterocycles. The number of aliphatic imine (C=N–C) groups is 1. The van der Waals surface area contributed by atoms with Crippen molar-refractivity contribution in [1.82, 2.24) is 25.3 Å². The standard InChI is InChI=1S/C23H36FN7.HI/c1-6-25-23(26-14-22(29(3)4)18-13-27-30(5)15-18)28-19-8-7-11-31(16-19)21-12-17(2)9-10-20(21)24;/h9-10,12-13,15,19,22H,6-8,11,14,16H2,1-5H3,(H2,25,26,28);1H. The van der Waals surface area contributed by atoms with Gasteiger partial charge in [-0.3, -0.25) is 9.67 Å². The normalized spacial score (nSPS) is 17.8. The maximum absolute atomic E-state index is 14.4. The Kier molecular flexibility index (Phi) is 10.2. The number of rotatable bonds is 7. The van der Waals surface area contributed by atoms with Gasteiger partial charge in [0, 0.05) is 44.5 Å². The second kappa shape index (κ2) is 12.4. The highest BCUT2D eigenvalue weighted by Gasteiger charge is 2.23. The van der Waals surface area contributed by atoms with Crippen LogP contribution in [0.4, 0.5) is 10.1 Å². The lowest BCUT2D eigenvalue weighted by Crippen LogP contribution is -2.51. The molecule has 3 rings (SSSR count). The molecular weight excluding hydrogens is 520 g/mol. The van der Waals surface area contributed by atoms with E-state index in [1.54, 1.807) is 6.07 Å². The molecule has 0 spiro atoms. The van der Waals surface area contributed by atoms with Crippen molar-refractivity contribution < 1.29 is 4.39 Å². The molecule has 1 saturated heterocycles. The average molecular weight is 558 g/mol. The molecule has 2 atom stereocenters. The molecule has 1 aliphatic heterocycles. The zero-order valence-corrected chi connectivity index (χ0v) is 22.1. The van der Waals surface area contributed by atoms with Crippen LogP contribution < -0.4 is 15.5 Å². The summed E-state index contributed by atoms with van der Waals surface area (Å²) in [6.07, 6.45) is 5.99. The Bertz CT molecular complexity index is 883. The number of anilines is 1. The van der Waals surface area contributed by atoms with Gasteiger partial charge < -0.3 is 20.4 Å². The third-order valence-corrected chi connectivity index (χ3v) is 5.70. The smallest absolute Gasteiger partial charge is 0.191 e. The molecule has 178 valence electrons. The van der Waals surface area contributed by atoms with E-state index in [2.05, 4.69) is 46.6 Å². The number of hydrogen-bond acceptors (Lipinski definition) is 4. The molecule has 0 radical (unpaired) electrons. The molecule has 1 fully saturated rings. The van der Waals surface area contributed by atoms with Crippen LogP contribution in [0.1, 0.15) is 36.9 Å². The van der Waals surface area contributed by atoms with Crippen molar-refractivity contribution >= 4 is 35.6 Å². The minimum Gasteiger partial charge on any atom is -0.367 e. The number of aryl methyl sites for hydroxylation is 2.